The molecule has 0 atom stereocenters. The highest BCUT2D eigenvalue weighted by molar-refractivity contribution is 6.31. The summed E-state index contributed by atoms with van der Waals surface area (Å²) in [7, 11) is 0. The molecule has 0 radical (unpaired) electrons. The topological polar surface area (TPSA) is 78.0 Å². The van der Waals surface area contributed by atoms with Gasteiger partial charge in [0.25, 0.3) is 5.91 Å². The SMILES string of the molecule is Cc1c(Cl)cccc1NC(=O)/C(C#N)=C\c1cccn1-c1ccc(O)cc1. The molecule has 0 bridgehead atoms. The second-order valence-corrected chi connectivity index (χ2v) is 6.26. The maximum Gasteiger partial charge on any atom is 0.266 e. The van der Waals surface area contributed by atoms with Crippen LogP contribution in [0.25, 0.3) is 11.8 Å². The summed E-state index contributed by atoms with van der Waals surface area (Å²) in [5.41, 5.74) is 2.72. The number of halogens is 1. The minimum absolute atomic E-state index is 0.0342. The first kappa shape index (κ1) is 18.3. The number of nitriles is 1. The van der Waals surface area contributed by atoms with Crippen LogP contribution in [-0.2, 0) is 4.79 Å². The molecule has 2 N–H and O–H groups in total. The largest absolute Gasteiger partial charge is 0.508 e. The number of benzene rings is 2. The summed E-state index contributed by atoms with van der Waals surface area (Å²) in [6, 6.07) is 17.4. The van der Waals surface area contributed by atoms with Gasteiger partial charge in [-0.15, -0.1) is 0 Å². The number of amides is 1. The van der Waals surface area contributed by atoms with Gasteiger partial charge in [0.15, 0.2) is 0 Å². The highest BCUT2D eigenvalue weighted by atomic mass is 35.5. The molecular weight excluding hydrogens is 362 g/mol. The van der Waals surface area contributed by atoms with E-state index in [1.54, 1.807) is 55.5 Å². The molecule has 27 heavy (non-hydrogen) atoms. The first-order valence-corrected chi connectivity index (χ1v) is 8.52. The molecule has 0 unspecified atom stereocenters. The summed E-state index contributed by atoms with van der Waals surface area (Å²) in [6.07, 6.45) is 3.33. The Hall–Kier alpha value is -3.49. The van der Waals surface area contributed by atoms with E-state index in [0.29, 0.717) is 16.4 Å². The van der Waals surface area contributed by atoms with Crippen molar-refractivity contribution in [3.8, 4) is 17.5 Å². The van der Waals surface area contributed by atoms with E-state index in [1.165, 1.54) is 6.08 Å². The molecule has 3 rings (SSSR count). The van der Waals surface area contributed by atoms with Crippen molar-refractivity contribution in [2.24, 2.45) is 0 Å². The molecule has 6 heteroatoms. The number of carbonyl (C=O) groups is 1. The number of phenolic OH excluding ortho intramolecular Hbond substituents is 1. The van der Waals surface area contributed by atoms with Crippen molar-refractivity contribution in [2.75, 3.05) is 5.32 Å². The van der Waals surface area contributed by atoms with Crippen LogP contribution in [-0.4, -0.2) is 15.6 Å². The Bertz CT molecular complexity index is 1060. The van der Waals surface area contributed by atoms with E-state index in [9.17, 15) is 15.2 Å². The van der Waals surface area contributed by atoms with E-state index in [0.717, 1.165) is 11.3 Å². The third-order valence-electron chi connectivity index (χ3n) is 4.08. The van der Waals surface area contributed by atoms with Crippen LogP contribution in [0.15, 0.2) is 66.4 Å². The van der Waals surface area contributed by atoms with Crippen molar-refractivity contribution in [1.29, 1.82) is 5.26 Å². The number of aromatic nitrogens is 1. The van der Waals surface area contributed by atoms with Gasteiger partial charge in [0.05, 0.1) is 0 Å². The van der Waals surface area contributed by atoms with Gasteiger partial charge in [-0.05, 0) is 67.1 Å². The van der Waals surface area contributed by atoms with Crippen molar-refractivity contribution in [3.05, 3.63) is 82.6 Å². The molecule has 0 aliphatic heterocycles. The predicted octanol–water partition coefficient (Wildman–Crippen LogP) is 4.69. The fourth-order valence-corrected chi connectivity index (χ4v) is 2.76. The normalized spacial score (nSPS) is 11.1. The van der Waals surface area contributed by atoms with Gasteiger partial charge >= 0.3 is 0 Å². The second-order valence-electron chi connectivity index (χ2n) is 5.86. The average molecular weight is 378 g/mol. The zero-order valence-corrected chi connectivity index (χ0v) is 15.2. The maximum absolute atomic E-state index is 12.5. The minimum atomic E-state index is -0.513. The molecule has 0 saturated heterocycles. The summed E-state index contributed by atoms with van der Waals surface area (Å²) in [5.74, 6) is -0.349. The quantitative estimate of drug-likeness (QED) is 0.511. The molecule has 134 valence electrons. The van der Waals surface area contributed by atoms with E-state index in [2.05, 4.69) is 5.32 Å². The van der Waals surface area contributed by atoms with Crippen molar-refractivity contribution in [2.45, 2.75) is 6.92 Å². The Morgan fingerprint density at radius 2 is 1.93 bits per heavy atom. The Labute approximate surface area is 161 Å². The second kappa shape index (κ2) is 7.81. The number of nitrogens with one attached hydrogen (secondary N) is 1. The first-order chi connectivity index (χ1) is 13.0. The minimum Gasteiger partial charge on any atom is -0.508 e. The number of anilines is 1. The molecule has 0 spiro atoms. The van der Waals surface area contributed by atoms with Crippen LogP contribution in [0.2, 0.25) is 5.02 Å². The van der Waals surface area contributed by atoms with Crippen LogP contribution in [0.5, 0.6) is 5.75 Å². The summed E-state index contributed by atoms with van der Waals surface area (Å²) < 4.78 is 1.81. The zero-order chi connectivity index (χ0) is 19.4. The van der Waals surface area contributed by atoms with Crippen molar-refractivity contribution in [3.63, 3.8) is 0 Å². The number of carbonyl (C=O) groups excluding carboxylic acids is 1. The van der Waals surface area contributed by atoms with Gasteiger partial charge in [-0.3, -0.25) is 4.79 Å². The summed E-state index contributed by atoms with van der Waals surface area (Å²) in [6.45, 7) is 1.80. The smallest absolute Gasteiger partial charge is 0.266 e. The third-order valence-corrected chi connectivity index (χ3v) is 4.49. The Morgan fingerprint density at radius 1 is 1.19 bits per heavy atom. The lowest BCUT2D eigenvalue weighted by Gasteiger charge is -2.10. The van der Waals surface area contributed by atoms with Crippen LogP contribution in [0.1, 0.15) is 11.3 Å². The van der Waals surface area contributed by atoms with Gasteiger partial charge in [0, 0.05) is 28.3 Å². The van der Waals surface area contributed by atoms with E-state index in [4.69, 9.17) is 11.6 Å². The molecule has 3 aromatic rings. The van der Waals surface area contributed by atoms with Gasteiger partial charge in [0.2, 0.25) is 0 Å². The molecule has 0 aliphatic rings. The van der Waals surface area contributed by atoms with Gasteiger partial charge in [0.1, 0.15) is 17.4 Å². The van der Waals surface area contributed by atoms with Crippen molar-refractivity contribution in [1.82, 2.24) is 4.57 Å². The lowest BCUT2D eigenvalue weighted by atomic mass is 10.1. The van der Waals surface area contributed by atoms with E-state index < -0.39 is 5.91 Å². The Balaban J connectivity index is 1.90. The van der Waals surface area contributed by atoms with Crippen LogP contribution in [0.3, 0.4) is 0 Å². The number of phenols is 1. The van der Waals surface area contributed by atoms with Crippen LogP contribution >= 0.6 is 11.6 Å². The highest BCUT2D eigenvalue weighted by Gasteiger charge is 2.13. The number of nitrogens with zero attached hydrogens (tertiary/aromatic N) is 2. The Morgan fingerprint density at radius 3 is 2.63 bits per heavy atom. The van der Waals surface area contributed by atoms with E-state index >= 15 is 0 Å². The summed E-state index contributed by atoms with van der Waals surface area (Å²) in [5, 5.41) is 22.1. The predicted molar refractivity (Wildman–Crippen MR) is 106 cm³/mol. The summed E-state index contributed by atoms with van der Waals surface area (Å²) in [4.78, 5) is 12.5. The molecule has 0 saturated carbocycles. The number of hydrogen-bond acceptors (Lipinski definition) is 3. The maximum atomic E-state index is 12.5. The lowest BCUT2D eigenvalue weighted by molar-refractivity contribution is -0.112. The van der Waals surface area contributed by atoms with Gasteiger partial charge in [-0.1, -0.05) is 17.7 Å². The standard InChI is InChI=1S/C21H16ClN3O2/c1-14-19(22)5-2-6-20(14)24-21(27)15(13-23)12-17-4-3-11-25(17)16-7-9-18(26)10-8-16/h2-12,26H,1H3,(H,24,27)/b15-12-. The molecule has 0 fully saturated rings. The highest BCUT2D eigenvalue weighted by Crippen LogP contribution is 2.24. The molecule has 0 aliphatic carbocycles. The number of aromatic hydroxyl groups is 1. The van der Waals surface area contributed by atoms with Crippen molar-refractivity contribution >= 4 is 29.3 Å². The fraction of sp³-hybridized carbons (Fsp3) is 0.0476. The van der Waals surface area contributed by atoms with Gasteiger partial charge < -0.3 is 15.0 Å². The summed E-state index contributed by atoms with van der Waals surface area (Å²) >= 11 is 6.07. The zero-order valence-electron chi connectivity index (χ0n) is 14.5. The third kappa shape index (κ3) is 4.02. The van der Waals surface area contributed by atoms with Crippen LogP contribution in [0.4, 0.5) is 5.69 Å². The van der Waals surface area contributed by atoms with Gasteiger partial charge in [-0.2, -0.15) is 5.26 Å². The lowest BCUT2D eigenvalue weighted by Crippen LogP contribution is -2.14. The average Bonchev–Trinajstić information content (AvgIpc) is 3.12. The Kier molecular flexibility index (Phi) is 5.30. The van der Waals surface area contributed by atoms with Crippen LogP contribution in [0, 0.1) is 18.3 Å². The molecule has 5 nitrogen and oxygen atoms in total. The number of rotatable bonds is 4. The molecule has 1 aromatic heterocycles. The molecule has 1 heterocycles. The number of hydrogen-bond donors (Lipinski definition) is 2. The monoisotopic (exact) mass is 377 g/mol. The molecule has 1 amide bonds. The van der Waals surface area contributed by atoms with E-state index in [-0.39, 0.29) is 11.3 Å². The molecule has 2 aromatic carbocycles. The first-order valence-electron chi connectivity index (χ1n) is 8.14. The van der Waals surface area contributed by atoms with Crippen LogP contribution < -0.4 is 5.32 Å². The van der Waals surface area contributed by atoms with Crippen molar-refractivity contribution < 1.29 is 9.90 Å². The molecular formula is C21H16ClN3O2. The van der Waals surface area contributed by atoms with E-state index in [1.807, 2.05) is 22.9 Å². The fourth-order valence-electron chi connectivity index (χ4n) is 2.59. The van der Waals surface area contributed by atoms with Gasteiger partial charge in [-0.25, -0.2) is 0 Å².